The summed E-state index contributed by atoms with van der Waals surface area (Å²) in [5.74, 6) is 0.307. The summed E-state index contributed by atoms with van der Waals surface area (Å²) in [5.41, 5.74) is 2.14. The van der Waals surface area contributed by atoms with Crippen molar-refractivity contribution < 1.29 is 33.8 Å². The Hall–Kier alpha value is -3.41. The van der Waals surface area contributed by atoms with E-state index in [1.54, 1.807) is 19.1 Å². The number of halogens is 1. The van der Waals surface area contributed by atoms with Gasteiger partial charge in [-0.05, 0) is 133 Å². The van der Waals surface area contributed by atoms with Gasteiger partial charge in [-0.15, -0.1) is 0 Å². The lowest BCUT2D eigenvalue weighted by Gasteiger charge is -2.57. The van der Waals surface area contributed by atoms with E-state index in [9.17, 15) is 19.2 Å². The minimum absolute atomic E-state index is 0.193. The Balaban J connectivity index is 1.27. The zero-order valence-electron chi connectivity index (χ0n) is 22.7. The first-order chi connectivity index (χ1) is 19.7. The van der Waals surface area contributed by atoms with E-state index in [-0.39, 0.29) is 22.5 Å². The monoisotopic (exact) mass is 670 g/mol. The molecular weight excluding hydrogens is 639 g/mol. The number of carboxylic acids is 1. The first kappa shape index (κ1) is 27.7. The third-order valence-corrected chi connectivity index (χ3v) is 9.66. The van der Waals surface area contributed by atoms with Gasteiger partial charge in [-0.2, -0.15) is 0 Å². The molecule has 2 N–H and O–H groups in total. The van der Waals surface area contributed by atoms with Crippen LogP contribution >= 0.6 is 22.6 Å². The zero-order chi connectivity index (χ0) is 28.9. The molecule has 2 aromatic rings. The van der Waals surface area contributed by atoms with Crippen LogP contribution in [0.25, 0.3) is 6.08 Å². The Morgan fingerprint density at radius 1 is 1.05 bits per heavy atom. The van der Waals surface area contributed by atoms with Crippen LogP contribution in [0.4, 0.5) is 10.5 Å². The van der Waals surface area contributed by atoms with Crippen LogP contribution in [0.15, 0.2) is 42.0 Å². The number of hydrogen-bond acceptors (Lipinski definition) is 6. The molecule has 0 unspecified atom stereocenters. The molecule has 0 aromatic heterocycles. The maximum Gasteiger partial charge on any atom is 0.341 e. The van der Waals surface area contributed by atoms with Crippen LogP contribution < -0.4 is 19.7 Å². The van der Waals surface area contributed by atoms with Crippen LogP contribution in [-0.2, 0) is 19.8 Å². The lowest BCUT2D eigenvalue weighted by atomic mass is 9.48. The van der Waals surface area contributed by atoms with Gasteiger partial charge in [-0.3, -0.25) is 14.9 Å². The van der Waals surface area contributed by atoms with Crippen molar-refractivity contribution in [1.82, 2.24) is 5.32 Å². The highest BCUT2D eigenvalue weighted by atomic mass is 127. The average molecular weight is 671 g/mol. The Labute approximate surface area is 251 Å². The van der Waals surface area contributed by atoms with Crippen molar-refractivity contribution in [2.45, 2.75) is 50.9 Å². The summed E-state index contributed by atoms with van der Waals surface area (Å²) in [5, 5.41) is 11.3. The molecule has 0 spiro atoms. The maximum atomic E-state index is 13.6. The van der Waals surface area contributed by atoms with Gasteiger partial charge in [0, 0.05) is 0 Å². The third-order valence-electron chi connectivity index (χ3n) is 8.86. The number of nitrogens with zero attached hydrogens (tertiary/aromatic N) is 1. The Morgan fingerprint density at radius 2 is 1.68 bits per heavy atom. The van der Waals surface area contributed by atoms with Crippen molar-refractivity contribution in [3.8, 4) is 11.5 Å². The number of carbonyl (C=O) groups is 4. The number of nitrogens with one attached hydrogen (secondary N) is 1. The number of urea groups is 1. The summed E-state index contributed by atoms with van der Waals surface area (Å²) in [6, 6.07) is 10.1. The number of carboxylic acid groups (broad SMARTS) is 1. The number of anilines is 1. The molecule has 1 heterocycles. The van der Waals surface area contributed by atoms with E-state index in [0.29, 0.717) is 21.4 Å². The Morgan fingerprint density at radius 3 is 2.27 bits per heavy atom. The van der Waals surface area contributed by atoms with Crippen molar-refractivity contribution in [3.05, 3.63) is 56.7 Å². The quantitative estimate of drug-likeness (QED) is 0.223. The van der Waals surface area contributed by atoms with Crippen LogP contribution in [0.1, 0.15) is 56.6 Å². The van der Waals surface area contributed by atoms with Crippen molar-refractivity contribution in [2.24, 2.45) is 17.8 Å². The molecule has 0 atom stereocenters. The highest BCUT2D eigenvalue weighted by Crippen LogP contribution is 2.60. The molecule has 4 saturated carbocycles. The molecule has 214 valence electrons. The fourth-order valence-corrected chi connectivity index (χ4v) is 8.48. The van der Waals surface area contributed by atoms with Crippen LogP contribution in [0.3, 0.4) is 0 Å². The summed E-state index contributed by atoms with van der Waals surface area (Å²) in [6.45, 7) is 1.52. The number of hydrogen-bond donors (Lipinski definition) is 2. The van der Waals surface area contributed by atoms with Gasteiger partial charge in [0.15, 0.2) is 18.1 Å². The Kier molecular flexibility index (Phi) is 7.29. The van der Waals surface area contributed by atoms with E-state index < -0.39 is 30.4 Å². The number of carbonyl (C=O) groups excluding carboxylic acids is 3. The predicted molar refractivity (Wildman–Crippen MR) is 159 cm³/mol. The number of aliphatic carboxylic acids is 1. The minimum atomic E-state index is -1.13. The second kappa shape index (κ2) is 10.8. The molecule has 1 aliphatic heterocycles. The van der Waals surface area contributed by atoms with Gasteiger partial charge in [0.1, 0.15) is 5.57 Å². The average Bonchev–Trinajstić information content (AvgIpc) is 2.90. The molecule has 5 fully saturated rings. The minimum Gasteiger partial charge on any atom is -0.490 e. The molecule has 4 bridgehead atoms. The largest absolute Gasteiger partial charge is 0.490 e. The standard InChI is InChI=1S/C31H31IN2O7/c1-2-40-25-12-17(11-24(32)27(25)41-16-26(35)36)10-23-28(37)33-30(39)34(29(23)38)22-5-3-21(4-6-22)31-13-18-7-19(14-31)9-20(8-18)15-31/h3-6,10-12,18-20H,2,7-9,13-16H2,1H3,(H,35,36)(H,33,37,39)/b23-10+. The fraction of sp³-hybridized carbons (Fsp3) is 0.419. The molecule has 1 saturated heterocycles. The van der Waals surface area contributed by atoms with Crippen LogP contribution in [0, 0.1) is 21.3 Å². The molecule has 9 nitrogen and oxygen atoms in total. The predicted octanol–water partition coefficient (Wildman–Crippen LogP) is 5.29. The van der Waals surface area contributed by atoms with Gasteiger partial charge in [-0.1, -0.05) is 12.1 Å². The smallest absolute Gasteiger partial charge is 0.341 e. The Bertz CT molecular complexity index is 1430. The summed E-state index contributed by atoms with van der Waals surface area (Å²) < 4.78 is 11.6. The topological polar surface area (TPSA) is 122 Å². The fourth-order valence-electron chi connectivity index (χ4n) is 7.70. The van der Waals surface area contributed by atoms with Gasteiger partial charge in [-0.25, -0.2) is 14.5 Å². The second-order valence-corrected chi connectivity index (χ2v) is 12.8. The highest BCUT2D eigenvalue weighted by molar-refractivity contribution is 14.1. The molecule has 4 aliphatic carbocycles. The number of imide groups is 2. The first-order valence-corrected chi connectivity index (χ1v) is 15.1. The summed E-state index contributed by atoms with van der Waals surface area (Å²) in [6.07, 6.45) is 9.10. The number of ether oxygens (including phenoxy) is 2. The normalized spacial score (nSPS) is 27.8. The molecule has 41 heavy (non-hydrogen) atoms. The summed E-state index contributed by atoms with van der Waals surface area (Å²) in [4.78, 5) is 51.2. The maximum absolute atomic E-state index is 13.6. The summed E-state index contributed by atoms with van der Waals surface area (Å²) in [7, 11) is 0. The second-order valence-electron chi connectivity index (χ2n) is 11.6. The van der Waals surface area contributed by atoms with E-state index in [4.69, 9.17) is 14.6 Å². The number of benzene rings is 2. The van der Waals surface area contributed by atoms with Crippen molar-refractivity contribution in [3.63, 3.8) is 0 Å². The van der Waals surface area contributed by atoms with Crippen LogP contribution in [0.2, 0.25) is 0 Å². The molecule has 10 heteroatoms. The van der Waals surface area contributed by atoms with Crippen molar-refractivity contribution >= 4 is 58.2 Å². The molecular formula is C31H31IN2O7. The van der Waals surface area contributed by atoms with Crippen molar-refractivity contribution in [2.75, 3.05) is 18.1 Å². The first-order valence-electron chi connectivity index (χ1n) is 14.0. The molecule has 0 radical (unpaired) electrons. The van der Waals surface area contributed by atoms with Crippen LogP contribution in [-0.4, -0.2) is 42.1 Å². The zero-order valence-corrected chi connectivity index (χ0v) is 24.8. The number of amides is 4. The molecule has 2 aromatic carbocycles. The van der Waals surface area contributed by atoms with E-state index in [1.807, 2.05) is 34.7 Å². The SMILES string of the molecule is CCOc1cc(/C=C2\C(=O)NC(=O)N(c3ccc(C45CC6CC(CC(C6)C4)C5)cc3)C2=O)cc(I)c1OCC(=O)O. The van der Waals surface area contributed by atoms with E-state index in [1.165, 1.54) is 50.2 Å². The van der Waals surface area contributed by atoms with E-state index in [0.717, 1.165) is 22.7 Å². The third kappa shape index (κ3) is 5.22. The molecule has 7 rings (SSSR count). The van der Waals surface area contributed by atoms with E-state index >= 15 is 0 Å². The van der Waals surface area contributed by atoms with Gasteiger partial charge in [0.05, 0.1) is 15.9 Å². The highest BCUT2D eigenvalue weighted by Gasteiger charge is 2.51. The lowest BCUT2D eigenvalue weighted by Crippen LogP contribution is -2.54. The number of barbiturate groups is 1. The van der Waals surface area contributed by atoms with Gasteiger partial charge >= 0.3 is 12.0 Å². The van der Waals surface area contributed by atoms with Gasteiger partial charge in [0.25, 0.3) is 11.8 Å². The van der Waals surface area contributed by atoms with Crippen molar-refractivity contribution in [1.29, 1.82) is 0 Å². The van der Waals surface area contributed by atoms with E-state index in [2.05, 4.69) is 17.4 Å². The van der Waals surface area contributed by atoms with Gasteiger partial charge < -0.3 is 14.6 Å². The van der Waals surface area contributed by atoms with Gasteiger partial charge in [0.2, 0.25) is 0 Å². The lowest BCUT2D eigenvalue weighted by molar-refractivity contribution is -0.139. The van der Waals surface area contributed by atoms with Crippen LogP contribution in [0.5, 0.6) is 11.5 Å². The summed E-state index contributed by atoms with van der Waals surface area (Å²) >= 11 is 1.98. The number of rotatable bonds is 8. The molecule has 5 aliphatic rings. The molecule has 4 amide bonds.